The minimum Gasteiger partial charge on any atom is -0.436 e. The van der Waals surface area contributed by atoms with Gasteiger partial charge in [-0.15, -0.1) is 0 Å². The zero-order chi connectivity index (χ0) is 33.0. The average Bonchev–Trinajstić information content (AvgIpc) is 2.99. The van der Waals surface area contributed by atoms with Crippen molar-refractivity contribution < 1.29 is 23.3 Å². The van der Waals surface area contributed by atoms with E-state index in [1.54, 1.807) is 36.4 Å². The summed E-state index contributed by atoms with van der Waals surface area (Å²) in [4.78, 5) is 25.7. The van der Waals surface area contributed by atoms with Crippen LogP contribution in [0.2, 0.25) is 0 Å². The van der Waals surface area contributed by atoms with Gasteiger partial charge in [0.1, 0.15) is 11.6 Å². The fourth-order valence-electron chi connectivity index (χ4n) is 4.57. The molecule has 0 saturated carbocycles. The van der Waals surface area contributed by atoms with Gasteiger partial charge in [-0.1, -0.05) is 56.3 Å². The Morgan fingerprint density at radius 2 is 1.67 bits per heavy atom. The summed E-state index contributed by atoms with van der Waals surface area (Å²) in [7, 11) is -2.04. The van der Waals surface area contributed by atoms with E-state index in [1.807, 2.05) is 50.4 Å². The normalized spacial score (nSPS) is 15.0. The molecular formula is C34H48FN5O4S. The molecule has 0 aromatic heterocycles. The Morgan fingerprint density at radius 3 is 2.31 bits per heavy atom. The highest BCUT2D eigenvalue weighted by atomic mass is 32.3. The first-order chi connectivity index (χ1) is 21.2. The smallest absolute Gasteiger partial charge is 0.239 e. The van der Waals surface area contributed by atoms with Gasteiger partial charge in [0, 0.05) is 29.8 Å². The number of aliphatic hydroxyl groups is 1. The summed E-state index contributed by atoms with van der Waals surface area (Å²) in [5, 5.41) is 20.2. The van der Waals surface area contributed by atoms with Gasteiger partial charge in [0.15, 0.2) is 0 Å². The van der Waals surface area contributed by atoms with Crippen LogP contribution in [-0.4, -0.2) is 60.7 Å². The van der Waals surface area contributed by atoms with Crippen LogP contribution in [-0.2, 0) is 21.5 Å². The number of nitrogen functional groups attached to an aromatic ring is 1. The van der Waals surface area contributed by atoms with E-state index in [2.05, 4.69) is 34.5 Å². The number of rotatable bonds is 17. The van der Waals surface area contributed by atoms with Gasteiger partial charge in [-0.2, -0.15) is 0 Å². The number of halogens is 1. The number of aliphatic hydroxyl groups excluding tert-OH is 1. The highest BCUT2D eigenvalue weighted by Crippen LogP contribution is 2.43. The molecule has 0 saturated heterocycles. The summed E-state index contributed by atoms with van der Waals surface area (Å²) in [5.41, 5.74) is 7.45. The second-order valence-electron chi connectivity index (χ2n) is 12.3. The lowest BCUT2D eigenvalue weighted by atomic mass is 9.94. The number of nitrogens with two attached hydrogens (primary N) is 1. The van der Waals surface area contributed by atoms with Crippen molar-refractivity contribution in [3.63, 3.8) is 0 Å². The molecule has 7 N–H and O–H groups in total. The molecule has 3 rings (SSSR count). The maximum atomic E-state index is 13.7. The number of anilines is 1. The SMILES string of the molecule is CC(C)CNS(C)(CC(O)[C@H](Cc1ccccc1)NC(=O)CNC(=O)CNC(C)(C)c1cccc(F)c1)Oc1ccc(N)cc1. The fraction of sp³-hybridized carbons (Fsp3) is 0.412. The number of amides is 2. The third kappa shape index (κ3) is 12.3. The van der Waals surface area contributed by atoms with Crippen molar-refractivity contribution in [3.05, 3.63) is 95.8 Å². The third-order valence-electron chi connectivity index (χ3n) is 7.24. The van der Waals surface area contributed by atoms with Gasteiger partial charge in [-0.3, -0.25) is 19.6 Å². The van der Waals surface area contributed by atoms with Crippen molar-refractivity contribution in [2.75, 3.05) is 37.4 Å². The molecule has 3 aromatic rings. The zero-order valence-electron chi connectivity index (χ0n) is 26.8. The van der Waals surface area contributed by atoms with Crippen LogP contribution in [0, 0.1) is 11.7 Å². The molecule has 3 atom stereocenters. The summed E-state index contributed by atoms with van der Waals surface area (Å²) in [6, 6.07) is 22.2. The van der Waals surface area contributed by atoms with Crippen LogP contribution in [0.25, 0.3) is 0 Å². The van der Waals surface area contributed by atoms with Crippen LogP contribution in [0.1, 0.15) is 38.8 Å². The number of carbonyl (C=O) groups excluding carboxylic acids is 2. The molecule has 11 heteroatoms. The average molecular weight is 642 g/mol. The second-order valence-corrected chi connectivity index (χ2v) is 15.1. The van der Waals surface area contributed by atoms with E-state index >= 15 is 0 Å². The van der Waals surface area contributed by atoms with Gasteiger partial charge in [0.25, 0.3) is 0 Å². The van der Waals surface area contributed by atoms with Crippen LogP contribution in [0.4, 0.5) is 10.1 Å². The Morgan fingerprint density at radius 1 is 0.978 bits per heavy atom. The van der Waals surface area contributed by atoms with E-state index in [1.165, 1.54) is 12.1 Å². The van der Waals surface area contributed by atoms with Gasteiger partial charge in [0.2, 0.25) is 11.8 Å². The molecule has 0 aliphatic rings. The molecule has 246 valence electrons. The predicted octanol–water partition coefficient (Wildman–Crippen LogP) is 4.03. The lowest BCUT2D eigenvalue weighted by molar-refractivity contribution is -0.126. The van der Waals surface area contributed by atoms with E-state index in [-0.39, 0.29) is 30.6 Å². The molecule has 0 spiro atoms. The number of nitrogens with one attached hydrogen (secondary N) is 4. The molecule has 45 heavy (non-hydrogen) atoms. The summed E-state index contributed by atoms with van der Waals surface area (Å²) in [6.45, 7) is 8.23. The molecule has 0 fully saturated rings. The Bertz CT molecular complexity index is 1380. The first-order valence-corrected chi connectivity index (χ1v) is 17.2. The van der Waals surface area contributed by atoms with Gasteiger partial charge < -0.3 is 25.7 Å². The first kappa shape index (κ1) is 35.8. The maximum absolute atomic E-state index is 13.7. The molecule has 0 aliphatic carbocycles. The molecule has 2 amide bonds. The summed E-state index contributed by atoms with van der Waals surface area (Å²) in [5.74, 6) is 0.0469. The summed E-state index contributed by atoms with van der Waals surface area (Å²) in [6.07, 6.45) is 1.37. The molecule has 0 aliphatic heterocycles. The Labute approximate surface area is 268 Å². The Balaban J connectivity index is 1.65. The highest BCUT2D eigenvalue weighted by Gasteiger charge is 2.31. The summed E-state index contributed by atoms with van der Waals surface area (Å²) < 4.78 is 23.6. The van der Waals surface area contributed by atoms with Crippen molar-refractivity contribution in [3.8, 4) is 5.75 Å². The van der Waals surface area contributed by atoms with Crippen LogP contribution >= 0.6 is 10.5 Å². The van der Waals surface area contributed by atoms with Gasteiger partial charge in [-0.25, -0.2) is 4.39 Å². The fourth-order valence-corrected chi connectivity index (χ4v) is 6.92. The van der Waals surface area contributed by atoms with Crippen LogP contribution in [0.5, 0.6) is 5.75 Å². The van der Waals surface area contributed by atoms with Crippen LogP contribution in [0.3, 0.4) is 0 Å². The zero-order valence-corrected chi connectivity index (χ0v) is 27.6. The van der Waals surface area contributed by atoms with Crippen molar-refractivity contribution in [1.82, 2.24) is 20.7 Å². The number of benzene rings is 3. The molecular weight excluding hydrogens is 593 g/mol. The van der Waals surface area contributed by atoms with Gasteiger partial charge in [0.05, 0.1) is 25.2 Å². The number of hydrogen-bond acceptors (Lipinski definition) is 7. The van der Waals surface area contributed by atoms with E-state index in [0.29, 0.717) is 35.9 Å². The topological polar surface area (TPSA) is 138 Å². The van der Waals surface area contributed by atoms with Crippen molar-refractivity contribution in [2.45, 2.75) is 51.8 Å². The molecule has 0 heterocycles. The number of carbonyl (C=O) groups is 2. The standard InChI is InChI=1S/C34H48FN5O4S/c1-24(2)20-39-45(5,44-29-16-14-28(36)15-17-29)23-31(41)30(18-25-10-7-6-8-11-25)40-33(43)21-37-32(42)22-38-34(3,4)26-12-9-13-27(35)19-26/h6-17,19,24,30-31,38-39,41H,18,20-23,36H2,1-5H3,(H,37,42)(H,40,43)/t30-,31?/m0/s1. The first-order valence-electron chi connectivity index (χ1n) is 15.1. The molecule has 2 unspecified atom stereocenters. The highest BCUT2D eigenvalue weighted by molar-refractivity contribution is 8.28. The van der Waals surface area contributed by atoms with E-state index < -0.39 is 34.1 Å². The van der Waals surface area contributed by atoms with Crippen molar-refractivity contribution >= 4 is 28.0 Å². The van der Waals surface area contributed by atoms with Gasteiger partial charge in [-0.05, 0) is 84.2 Å². The summed E-state index contributed by atoms with van der Waals surface area (Å²) >= 11 is 0. The Kier molecular flexibility index (Phi) is 13.2. The van der Waals surface area contributed by atoms with E-state index in [4.69, 9.17) is 9.92 Å². The van der Waals surface area contributed by atoms with Crippen LogP contribution < -0.4 is 30.6 Å². The molecule has 3 aromatic carbocycles. The quantitative estimate of drug-likeness (QED) is 0.123. The maximum Gasteiger partial charge on any atom is 0.239 e. The second kappa shape index (κ2) is 16.6. The predicted molar refractivity (Wildman–Crippen MR) is 181 cm³/mol. The van der Waals surface area contributed by atoms with Gasteiger partial charge >= 0.3 is 0 Å². The monoisotopic (exact) mass is 641 g/mol. The van der Waals surface area contributed by atoms with E-state index in [9.17, 15) is 19.1 Å². The molecule has 9 nitrogen and oxygen atoms in total. The minimum atomic E-state index is -2.04. The molecule has 0 radical (unpaired) electrons. The van der Waals surface area contributed by atoms with Crippen LogP contribution in [0.15, 0.2) is 78.9 Å². The Hall–Kier alpha value is -3.64. The third-order valence-corrected chi connectivity index (χ3v) is 9.55. The van der Waals surface area contributed by atoms with Crippen molar-refractivity contribution in [1.29, 1.82) is 0 Å². The molecule has 0 bridgehead atoms. The minimum absolute atomic E-state index is 0.0709. The lowest BCUT2D eigenvalue weighted by Crippen LogP contribution is -2.51. The lowest BCUT2D eigenvalue weighted by Gasteiger charge is -2.40. The number of hydrogen-bond donors (Lipinski definition) is 6. The van der Waals surface area contributed by atoms with Crippen molar-refractivity contribution in [2.24, 2.45) is 5.92 Å². The van der Waals surface area contributed by atoms with E-state index in [0.717, 1.165) is 5.56 Å². The largest absolute Gasteiger partial charge is 0.436 e.